The van der Waals surface area contributed by atoms with E-state index in [-0.39, 0.29) is 24.5 Å². The van der Waals surface area contributed by atoms with Crippen LogP contribution in [0.3, 0.4) is 0 Å². The fourth-order valence-electron chi connectivity index (χ4n) is 5.19. The van der Waals surface area contributed by atoms with Gasteiger partial charge in [0, 0.05) is 54.3 Å². The van der Waals surface area contributed by atoms with Crippen LogP contribution < -0.4 is 15.1 Å². The van der Waals surface area contributed by atoms with Crippen LogP contribution in [-0.2, 0) is 10.2 Å². The number of aliphatic hydroxyl groups excluding tert-OH is 2. The molecule has 0 radical (unpaired) electrons. The highest BCUT2D eigenvalue weighted by Crippen LogP contribution is 2.55. The van der Waals surface area contributed by atoms with E-state index in [1.165, 1.54) is 0 Å². The van der Waals surface area contributed by atoms with Crippen molar-refractivity contribution in [1.29, 1.82) is 0 Å². The van der Waals surface area contributed by atoms with Crippen LogP contribution in [0.25, 0.3) is 6.08 Å². The first-order chi connectivity index (χ1) is 16.9. The van der Waals surface area contributed by atoms with Crippen LogP contribution >= 0.6 is 12.6 Å². The lowest BCUT2D eigenvalue weighted by molar-refractivity contribution is 0.000321. The maximum atomic E-state index is 12.6. The molecule has 3 N–H and O–H groups in total. The summed E-state index contributed by atoms with van der Waals surface area (Å²) in [6, 6.07) is 14.0. The summed E-state index contributed by atoms with van der Waals surface area (Å²) in [6.45, 7) is 7.29. The van der Waals surface area contributed by atoms with Crippen molar-refractivity contribution in [3.05, 3.63) is 65.2 Å². The van der Waals surface area contributed by atoms with Crippen LogP contribution in [0, 0.1) is 0 Å². The lowest BCUT2D eigenvalue weighted by Crippen LogP contribution is -2.51. The Morgan fingerprint density at radius 1 is 1.17 bits per heavy atom. The van der Waals surface area contributed by atoms with Gasteiger partial charge in [-0.1, -0.05) is 32.1 Å². The standard InChI is InChI=1S/C27H35N3O4S/c1-26(2)23-19-21(25(33)28-11-18-35)5-8-24(23)30-14-17-34-27(26,30)10-9-20-3-6-22(7-4-20)29(12-15-31)13-16-32/h3-10,19,31-32,35H,11-18H2,1-2H3,(H,28,33)/b10-9+. The van der Waals surface area contributed by atoms with Gasteiger partial charge in [-0.3, -0.25) is 4.79 Å². The number of aliphatic hydroxyl groups is 2. The molecule has 1 fully saturated rings. The van der Waals surface area contributed by atoms with Crippen molar-refractivity contribution in [2.75, 3.05) is 61.6 Å². The maximum absolute atomic E-state index is 12.6. The van der Waals surface area contributed by atoms with Crippen LogP contribution in [-0.4, -0.2) is 73.6 Å². The Labute approximate surface area is 212 Å². The van der Waals surface area contributed by atoms with Crippen LogP contribution in [0.1, 0.15) is 35.3 Å². The topological polar surface area (TPSA) is 85.3 Å². The molecule has 1 amide bonds. The molecule has 7 nitrogen and oxygen atoms in total. The van der Waals surface area contributed by atoms with E-state index in [1.807, 2.05) is 47.4 Å². The summed E-state index contributed by atoms with van der Waals surface area (Å²) in [6.07, 6.45) is 4.22. The second-order valence-electron chi connectivity index (χ2n) is 9.39. The number of anilines is 2. The van der Waals surface area contributed by atoms with Crippen LogP contribution in [0.4, 0.5) is 11.4 Å². The number of fused-ring (bicyclic) bond motifs is 3. The van der Waals surface area contributed by atoms with Gasteiger partial charge in [0.2, 0.25) is 0 Å². The van der Waals surface area contributed by atoms with E-state index in [0.29, 0.717) is 37.6 Å². The Bertz CT molecular complexity index is 1070. The predicted octanol–water partition coefficient (Wildman–Crippen LogP) is 2.67. The van der Waals surface area contributed by atoms with Gasteiger partial charge in [-0.2, -0.15) is 12.6 Å². The van der Waals surface area contributed by atoms with Gasteiger partial charge in [-0.25, -0.2) is 0 Å². The molecule has 0 saturated carbocycles. The van der Waals surface area contributed by atoms with E-state index in [4.69, 9.17) is 4.74 Å². The number of carbonyl (C=O) groups excluding carboxylic acids is 1. The zero-order valence-electron chi connectivity index (χ0n) is 20.4. The SMILES string of the molecule is CC1(C)c2cc(C(=O)NCCS)ccc2N2CCOC21/C=C/c1ccc(N(CCO)CCO)cc1. The molecule has 1 atom stereocenters. The number of benzene rings is 2. The number of rotatable bonds is 10. The van der Waals surface area contributed by atoms with Crippen LogP contribution in [0.5, 0.6) is 0 Å². The quantitative estimate of drug-likeness (QED) is 0.378. The average molecular weight is 498 g/mol. The number of nitrogens with one attached hydrogen (secondary N) is 1. The second-order valence-corrected chi connectivity index (χ2v) is 9.84. The third-order valence-electron chi connectivity index (χ3n) is 7.05. The molecule has 188 valence electrons. The molecule has 2 aromatic carbocycles. The summed E-state index contributed by atoms with van der Waals surface area (Å²) in [4.78, 5) is 16.8. The summed E-state index contributed by atoms with van der Waals surface area (Å²) < 4.78 is 6.44. The number of carbonyl (C=O) groups is 1. The van der Waals surface area contributed by atoms with Crippen LogP contribution in [0.15, 0.2) is 48.5 Å². The van der Waals surface area contributed by atoms with Gasteiger partial charge in [0.05, 0.1) is 19.8 Å². The minimum absolute atomic E-state index is 0.0333. The van der Waals surface area contributed by atoms with Gasteiger partial charge in [-0.05, 0) is 47.5 Å². The van der Waals surface area contributed by atoms with Gasteiger partial charge in [0.15, 0.2) is 5.72 Å². The van der Waals surface area contributed by atoms with E-state index in [1.54, 1.807) is 0 Å². The highest BCUT2D eigenvalue weighted by molar-refractivity contribution is 7.80. The monoisotopic (exact) mass is 497 g/mol. The van der Waals surface area contributed by atoms with E-state index in [0.717, 1.165) is 29.0 Å². The molecule has 2 aliphatic rings. The smallest absolute Gasteiger partial charge is 0.251 e. The second kappa shape index (κ2) is 10.6. The third kappa shape index (κ3) is 4.68. The van der Waals surface area contributed by atoms with E-state index in [2.05, 4.69) is 48.8 Å². The first kappa shape index (κ1) is 25.6. The lowest BCUT2D eigenvalue weighted by atomic mass is 9.77. The molecule has 1 unspecified atom stereocenters. The van der Waals surface area contributed by atoms with E-state index in [9.17, 15) is 15.0 Å². The summed E-state index contributed by atoms with van der Waals surface area (Å²) in [5, 5.41) is 21.5. The van der Waals surface area contributed by atoms with Crippen molar-refractivity contribution < 1.29 is 19.7 Å². The number of hydrogen-bond donors (Lipinski definition) is 4. The molecule has 4 rings (SSSR count). The van der Waals surface area contributed by atoms with Crippen molar-refractivity contribution in [2.45, 2.75) is 25.0 Å². The predicted molar refractivity (Wildman–Crippen MR) is 144 cm³/mol. The highest BCUT2D eigenvalue weighted by Gasteiger charge is 2.59. The Morgan fingerprint density at radius 2 is 1.89 bits per heavy atom. The van der Waals surface area contributed by atoms with Gasteiger partial charge in [0.25, 0.3) is 5.91 Å². The Balaban J connectivity index is 1.61. The minimum atomic E-state index is -0.645. The fraction of sp³-hybridized carbons (Fsp3) is 0.444. The number of hydrogen-bond acceptors (Lipinski definition) is 7. The minimum Gasteiger partial charge on any atom is -0.395 e. The van der Waals surface area contributed by atoms with Gasteiger partial charge >= 0.3 is 0 Å². The molecule has 0 aromatic heterocycles. The zero-order valence-corrected chi connectivity index (χ0v) is 21.3. The molecular formula is C27H35N3O4S. The van der Waals surface area contributed by atoms with Crippen LogP contribution in [0.2, 0.25) is 0 Å². The summed E-state index contributed by atoms with van der Waals surface area (Å²) in [7, 11) is 0. The Morgan fingerprint density at radius 3 is 2.54 bits per heavy atom. The van der Waals surface area contributed by atoms with E-state index >= 15 is 0 Å². The Kier molecular flexibility index (Phi) is 7.76. The van der Waals surface area contributed by atoms with Crippen molar-refractivity contribution in [1.82, 2.24) is 5.32 Å². The average Bonchev–Trinajstić information content (AvgIpc) is 3.37. The normalized spacial score (nSPS) is 20.2. The fourth-order valence-corrected chi connectivity index (χ4v) is 5.31. The molecule has 2 heterocycles. The number of ether oxygens (including phenoxy) is 1. The first-order valence-electron chi connectivity index (χ1n) is 12.1. The zero-order chi connectivity index (χ0) is 25.1. The first-order valence-corrected chi connectivity index (χ1v) is 12.7. The highest BCUT2D eigenvalue weighted by atomic mass is 32.1. The lowest BCUT2D eigenvalue weighted by Gasteiger charge is -2.39. The number of amides is 1. The summed E-state index contributed by atoms with van der Waals surface area (Å²) in [5.41, 5.74) is 3.80. The Hall–Kier alpha value is -2.52. The maximum Gasteiger partial charge on any atom is 0.251 e. The van der Waals surface area contributed by atoms with Gasteiger partial charge in [0.1, 0.15) is 0 Å². The summed E-state index contributed by atoms with van der Waals surface area (Å²) in [5.74, 6) is 0.506. The third-order valence-corrected chi connectivity index (χ3v) is 7.28. The molecule has 2 aliphatic heterocycles. The molecule has 0 aliphatic carbocycles. The number of thiol groups is 1. The molecule has 1 saturated heterocycles. The number of nitrogens with zero attached hydrogens (tertiary/aromatic N) is 2. The molecule has 2 aromatic rings. The van der Waals surface area contributed by atoms with Crippen molar-refractivity contribution in [3.8, 4) is 0 Å². The van der Waals surface area contributed by atoms with Gasteiger partial charge < -0.3 is 30.1 Å². The van der Waals surface area contributed by atoms with Gasteiger partial charge in [-0.15, -0.1) is 0 Å². The molecule has 35 heavy (non-hydrogen) atoms. The van der Waals surface area contributed by atoms with E-state index < -0.39 is 5.72 Å². The van der Waals surface area contributed by atoms with Crippen molar-refractivity contribution in [3.63, 3.8) is 0 Å². The molecule has 0 bridgehead atoms. The largest absolute Gasteiger partial charge is 0.395 e. The molecule has 8 heteroatoms. The summed E-state index contributed by atoms with van der Waals surface area (Å²) >= 11 is 4.17. The van der Waals surface area contributed by atoms with Crippen molar-refractivity contribution in [2.24, 2.45) is 0 Å². The molecular weight excluding hydrogens is 462 g/mol. The van der Waals surface area contributed by atoms with Crippen molar-refractivity contribution >= 4 is 36.0 Å². The molecule has 0 spiro atoms.